The Balaban J connectivity index is 1.65. The number of nitrogens with zero attached hydrogens (tertiary/aromatic N) is 3. The second-order valence-electron chi connectivity index (χ2n) is 7.64. The second kappa shape index (κ2) is 9.53. The highest BCUT2D eigenvalue weighted by molar-refractivity contribution is 7.91. The molecule has 3 rings (SSSR count). The molecule has 2 aliphatic heterocycles. The maximum atomic E-state index is 11.8. The molecule has 1 aromatic rings. The molecule has 2 fully saturated rings. The minimum absolute atomic E-state index is 0.0475. The van der Waals surface area contributed by atoms with E-state index in [1.54, 1.807) is 12.1 Å². The first-order valence-corrected chi connectivity index (χ1v) is 11.9. The molecule has 1 aromatic carbocycles. The van der Waals surface area contributed by atoms with Crippen molar-refractivity contribution in [1.82, 2.24) is 15.5 Å². The van der Waals surface area contributed by atoms with Gasteiger partial charge in [-0.25, -0.2) is 13.4 Å². The normalized spacial score (nSPS) is 24.5. The van der Waals surface area contributed by atoms with Crippen molar-refractivity contribution in [1.29, 1.82) is 0 Å². The van der Waals surface area contributed by atoms with Crippen molar-refractivity contribution in [2.24, 2.45) is 4.99 Å². The highest BCUT2D eigenvalue weighted by atomic mass is 32.2. The number of nitro benzene ring substituents is 1. The molecule has 160 valence electrons. The van der Waals surface area contributed by atoms with Gasteiger partial charge in [-0.05, 0) is 37.9 Å². The lowest BCUT2D eigenvalue weighted by molar-refractivity contribution is -0.384. The van der Waals surface area contributed by atoms with E-state index in [0.717, 1.165) is 31.6 Å². The third-order valence-electron chi connectivity index (χ3n) is 5.55. The minimum atomic E-state index is -2.98. The van der Waals surface area contributed by atoms with Gasteiger partial charge in [-0.15, -0.1) is 0 Å². The fourth-order valence-corrected chi connectivity index (χ4v) is 5.58. The maximum Gasteiger partial charge on any atom is 0.269 e. The Morgan fingerprint density at radius 1 is 1.31 bits per heavy atom. The predicted molar refractivity (Wildman–Crippen MR) is 113 cm³/mol. The molecule has 2 atom stereocenters. The summed E-state index contributed by atoms with van der Waals surface area (Å²) in [7, 11) is -2.98. The van der Waals surface area contributed by atoms with Crippen molar-refractivity contribution in [3.05, 3.63) is 39.9 Å². The van der Waals surface area contributed by atoms with Crippen LogP contribution < -0.4 is 10.6 Å². The van der Waals surface area contributed by atoms with Crippen molar-refractivity contribution in [3.63, 3.8) is 0 Å². The highest BCUT2D eigenvalue weighted by Gasteiger charge is 2.29. The molecule has 2 heterocycles. The number of aliphatic imine (C=N–C) groups is 1. The van der Waals surface area contributed by atoms with Gasteiger partial charge in [-0.3, -0.25) is 15.0 Å². The number of benzene rings is 1. The van der Waals surface area contributed by atoms with Crippen LogP contribution in [0.5, 0.6) is 0 Å². The van der Waals surface area contributed by atoms with Gasteiger partial charge in [0, 0.05) is 30.8 Å². The third-order valence-corrected chi connectivity index (χ3v) is 7.32. The number of non-ortho nitro benzene ring substituents is 1. The fraction of sp³-hybridized carbons (Fsp3) is 0.632. The molecule has 2 N–H and O–H groups in total. The highest BCUT2D eigenvalue weighted by Crippen LogP contribution is 2.16. The molecule has 10 heteroatoms. The maximum absolute atomic E-state index is 11.8. The smallest absolute Gasteiger partial charge is 0.269 e. The molecule has 2 unspecified atom stereocenters. The number of nitro groups is 1. The average Bonchev–Trinajstić information content (AvgIpc) is 3.29. The van der Waals surface area contributed by atoms with Crippen LogP contribution >= 0.6 is 0 Å². The summed E-state index contributed by atoms with van der Waals surface area (Å²) in [6, 6.07) is 6.61. The molecule has 0 bridgehead atoms. The molecule has 0 aliphatic carbocycles. The van der Waals surface area contributed by atoms with Gasteiger partial charge >= 0.3 is 0 Å². The van der Waals surface area contributed by atoms with E-state index in [2.05, 4.69) is 27.4 Å². The number of likely N-dealkylation sites (tertiary alicyclic amines) is 1. The quantitative estimate of drug-likeness (QED) is 0.294. The van der Waals surface area contributed by atoms with Crippen LogP contribution in [0.4, 0.5) is 5.69 Å². The number of rotatable bonds is 7. The molecule has 0 spiro atoms. The van der Waals surface area contributed by atoms with Crippen molar-refractivity contribution in [3.8, 4) is 0 Å². The first-order chi connectivity index (χ1) is 13.9. The van der Waals surface area contributed by atoms with Crippen molar-refractivity contribution < 1.29 is 13.3 Å². The summed E-state index contributed by atoms with van der Waals surface area (Å²) >= 11 is 0. The van der Waals surface area contributed by atoms with Gasteiger partial charge in [-0.1, -0.05) is 19.1 Å². The van der Waals surface area contributed by atoms with Gasteiger partial charge in [0.25, 0.3) is 5.69 Å². The zero-order chi connectivity index (χ0) is 20.9. The lowest BCUT2D eigenvalue weighted by Crippen LogP contribution is -2.48. The Kier molecular flexibility index (Phi) is 7.07. The lowest BCUT2D eigenvalue weighted by atomic mass is 10.2. The molecule has 2 saturated heterocycles. The molecular weight excluding hydrogens is 394 g/mol. The van der Waals surface area contributed by atoms with Crippen LogP contribution in [0, 0.1) is 10.1 Å². The van der Waals surface area contributed by atoms with Gasteiger partial charge in [0.05, 0.1) is 23.0 Å². The number of nitrogens with one attached hydrogen (secondary N) is 2. The summed E-state index contributed by atoms with van der Waals surface area (Å²) in [5.74, 6) is 0.913. The van der Waals surface area contributed by atoms with E-state index in [-0.39, 0.29) is 23.2 Å². The SMILES string of the molecule is CCN1CCCC1CNC(=NCc1ccc([N+](=O)[O-])cc1)NC1CCS(=O)(=O)C1. The van der Waals surface area contributed by atoms with Crippen LogP contribution in [-0.4, -0.2) is 67.4 Å². The second-order valence-corrected chi connectivity index (χ2v) is 9.87. The van der Waals surface area contributed by atoms with Crippen LogP contribution in [0.1, 0.15) is 31.7 Å². The van der Waals surface area contributed by atoms with Crippen LogP contribution in [0.15, 0.2) is 29.3 Å². The van der Waals surface area contributed by atoms with Crippen LogP contribution in [0.2, 0.25) is 0 Å². The van der Waals surface area contributed by atoms with Gasteiger partial charge in [-0.2, -0.15) is 0 Å². The van der Waals surface area contributed by atoms with E-state index in [9.17, 15) is 18.5 Å². The number of sulfone groups is 1. The fourth-order valence-electron chi connectivity index (χ4n) is 3.91. The largest absolute Gasteiger partial charge is 0.355 e. The first kappa shape index (κ1) is 21.5. The summed E-state index contributed by atoms with van der Waals surface area (Å²) in [6.07, 6.45) is 2.89. The van der Waals surface area contributed by atoms with Gasteiger partial charge in [0.2, 0.25) is 0 Å². The van der Waals surface area contributed by atoms with E-state index in [1.807, 2.05) is 0 Å². The number of likely N-dealkylation sites (N-methyl/N-ethyl adjacent to an activating group) is 1. The van der Waals surface area contributed by atoms with E-state index >= 15 is 0 Å². The zero-order valence-corrected chi connectivity index (χ0v) is 17.5. The molecule has 0 aromatic heterocycles. The van der Waals surface area contributed by atoms with Crippen LogP contribution in [0.3, 0.4) is 0 Å². The van der Waals surface area contributed by atoms with Crippen molar-refractivity contribution in [2.45, 2.75) is 44.8 Å². The summed E-state index contributed by atoms with van der Waals surface area (Å²) < 4.78 is 23.6. The Bertz CT molecular complexity index is 841. The Morgan fingerprint density at radius 3 is 2.69 bits per heavy atom. The zero-order valence-electron chi connectivity index (χ0n) is 16.7. The molecule has 0 amide bonds. The van der Waals surface area contributed by atoms with Crippen molar-refractivity contribution in [2.75, 3.05) is 31.1 Å². The molecular formula is C19H29N5O4S. The molecule has 9 nitrogen and oxygen atoms in total. The third kappa shape index (κ3) is 6.14. The summed E-state index contributed by atoms with van der Waals surface area (Å²) in [5.41, 5.74) is 0.901. The van der Waals surface area contributed by atoms with Gasteiger partial charge in [0.1, 0.15) is 0 Å². The number of hydrogen-bond donors (Lipinski definition) is 2. The first-order valence-electron chi connectivity index (χ1n) is 10.1. The van der Waals surface area contributed by atoms with E-state index in [1.165, 1.54) is 18.6 Å². The molecule has 2 aliphatic rings. The predicted octanol–water partition coefficient (Wildman–Crippen LogP) is 1.30. The molecule has 0 saturated carbocycles. The number of hydrogen-bond acceptors (Lipinski definition) is 6. The van der Waals surface area contributed by atoms with Crippen LogP contribution in [-0.2, 0) is 16.4 Å². The topological polar surface area (TPSA) is 117 Å². The average molecular weight is 424 g/mol. The Hall–Kier alpha value is -2.20. The summed E-state index contributed by atoms with van der Waals surface area (Å²) in [5, 5.41) is 17.4. The summed E-state index contributed by atoms with van der Waals surface area (Å²) in [4.78, 5) is 17.4. The molecule has 0 radical (unpaired) electrons. The van der Waals surface area contributed by atoms with E-state index < -0.39 is 14.8 Å². The van der Waals surface area contributed by atoms with Gasteiger partial charge < -0.3 is 10.6 Å². The van der Waals surface area contributed by atoms with E-state index in [4.69, 9.17) is 0 Å². The standard InChI is InChI=1S/C19H29N5O4S/c1-2-23-10-3-4-18(23)13-21-19(22-16-9-11-29(27,28)14-16)20-12-15-5-7-17(8-6-15)24(25)26/h5-8,16,18H,2-4,9-14H2,1H3,(H2,20,21,22). The lowest BCUT2D eigenvalue weighted by Gasteiger charge is -2.25. The monoisotopic (exact) mass is 423 g/mol. The summed E-state index contributed by atoms with van der Waals surface area (Å²) in [6.45, 7) is 5.38. The minimum Gasteiger partial charge on any atom is -0.355 e. The Labute approximate surface area is 171 Å². The van der Waals surface area contributed by atoms with Gasteiger partial charge in [0.15, 0.2) is 15.8 Å². The van der Waals surface area contributed by atoms with E-state index in [0.29, 0.717) is 25.0 Å². The number of guanidine groups is 1. The van der Waals surface area contributed by atoms with Crippen LogP contribution in [0.25, 0.3) is 0 Å². The Morgan fingerprint density at radius 2 is 2.07 bits per heavy atom. The molecule has 29 heavy (non-hydrogen) atoms. The van der Waals surface area contributed by atoms with Crippen molar-refractivity contribution >= 4 is 21.5 Å².